The van der Waals surface area contributed by atoms with E-state index >= 15 is 0 Å². The van der Waals surface area contributed by atoms with Crippen LogP contribution in [0, 0.1) is 3.57 Å². The van der Waals surface area contributed by atoms with Gasteiger partial charge in [-0.2, -0.15) is 0 Å². The average molecular weight is 414 g/mol. The van der Waals surface area contributed by atoms with Crippen LogP contribution in [-0.2, 0) is 9.53 Å². The van der Waals surface area contributed by atoms with Gasteiger partial charge in [0.1, 0.15) is 18.3 Å². The van der Waals surface area contributed by atoms with Crippen molar-refractivity contribution >= 4 is 28.6 Å². The first-order valence-corrected chi connectivity index (χ1v) is 6.75. The Bertz CT molecular complexity index is 670. The maximum Gasteiger partial charge on any atom is 0.335 e. The van der Waals surface area contributed by atoms with Gasteiger partial charge in [0.15, 0.2) is 12.3 Å². The predicted octanol–water partition coefficient (Wildman–Crippen LogP) is -2.79. The molecule has 21 heavy (non-hydrogen) atoms. The number of aliphatic hydroxyl groups excluding tert-OH is 3. The number of halogens is 1. The lowest BCUT2D eigenvalue weighted by Crippen LogP contribution is -2.42. The molecule has 0 saturated carbocycles. The number of aromatic amines is 1. The number of carboxylic acids is 1. The van der Waals surface area contributed by atoms with Crippen LogP contribution in [-0.4, -0.2) is 60.4 Å². The number of carboxylic acid groups (broad SMARTS) is 1. The molecule has 1 aromatic rings. The van der Waals surface area contributed by atoms with Gasteiger partial charge in [0.05, 0.1) is 3.57 Å². The van der Waals surface area contributed by atoms with Gasteiger partial charge in [-0.3, -0.25) is 14.3 Å². The molecule has 10 nitrogen and oxygen atoms in total. The van der Waals surface area contributed by atoms with E-state index in [2.05, 4.69) is 0 Å². The van der Waals surface area contributed by atoms with Crippen molar-refractivity contribution in [3.8, 4) is 0 Å². The van der Waals surface area contributed by atoms with Crippen molar-refractivity contribution in [3.05, 3.63) is 30.6 Å². The number of hydrogen-bond donors (Lipinski definition) is 5. The van der Waals surface area contributed by atoms with Crippen LogP contribution >= 0.6 is 22.6 Å². The minimum absolute atomic E-state index is 0.125. The van der Waals surface area contributed by atoms with Crippen LogP contribution in [0.2, 0.25) is 0 Å². The highest BCUT2D eigenvalue weighted by molar-refractivity contribution is 14.1. The molecule has 2 rings (SSSR count). The largest absolute Gasteiger partial charge is 0.479 e. The minimum Gasteiger partial charge on any atom is -0.479 e. The molecule has 11 heteroatoms. The number of hydrogen-bond acceptors (Lipinski definition) is 7. The molecule has 0 bridgehead atoms. The van der Waals surface area contributed by atoms with Gasteiger partial charge in [-0.15, -0.1) is 0 Å². The highest BCUT2D eigenvalue weighted by Gasteiger charge is 2.49. The molecule has 1 aliphatic rings. The SMILES string of the molecule is O=C(O)[C@@H](O)[C@@H]1O[C@@H](n2cc(I)c(=O)[nH]c2=O)[C@H](O)[C@@H]1O. The first kappa shape index (κ1) is 16.1. The molecule has 116 valence electrons. The first-order chi connectivity index (χ1) is 9.73. The Kier molecular flexibility index (Phi) is 4.48. The molecule has 0 amide bonds. The Hall–Kier alpha value is -1.28. The van der Waals surface area contributed by atoms with E-state index < -0.39 is 47.9 Å². The maximum atomic E-state index is 11.7. The summed E-state index contributed by atoms with van der Waals surface area (Å²) in [6, 6.07) is 0. The van der Waals surface area contributed by atoms with E-state index in [0.29, 0.717) is 0 Å². The summed E-state index contributed by atoms with van der Waals surface area (Å²) in [5.74, 6) is -1.64. The van der Waals surface area contributed by atoms with Crippen molar-refractivity contribution in [1.29, 1.82) is 0 Å². The van der Waals surface area contributed by atoms with Crippen LogP contribution in [0.15, 0.2) is 15.8 Å². The number of rotatable bonds is 3. The number of H-pyrrole nitrogens is 1. The summed E-state index contributed by atoms with van der Waals surface area (Å²) in [5, 5.41) is 37.7. The molecule has 0 spiro atoms. The molecule has 0 unspecified atom stereocenters. The van der Waals surface area contributed by atoms with Gasteiger partial charge in [-0.25, -0.2) is 9.59 Å². The molecular formula is C10H11IN2O8. The second-order valence-corrected chi connectivity index (χ2v) is 5.56. The number of nitrogens with one attached hydrogen (secondary N) is 1. The lowest BCUT2D eigenvalue weighted by atomic mass is 10.1. The summed E-state index contributed by atoms with van der Waals surface area (Å²) in [6.45, 7) is 0. The number of aliphatic hydroxyl groups is 3. The number of ether oxygens (including phenoxy) is 1. The van der Waals surface area contributed by atoms with Crippen LogP contribution in [0.4, 0.5) is 0 Å². The quantitative estimate of drug-likeness (QED) is 0.332. The third-order valence-electron chi connectivity index (χ3n) is 3.04. The third kappa shape index (κ3) is 2.87. The molecule has 5 N–H and O–H groups in total. The molecule has 1 fully saturated rings. The first-order valence-electron chi connectivity index (χ1n) is 5.67. The highest BCUT2D eigenvalue weighted by atomic mass is 127. The summed E-state index contributed by atoms with van der Waals surface area (Å²) in [5.41, 5.74) is -1.53. The van der Waals surface area contributed by atoms with Crippen LogP contribution in [0.1, 0.15) is 6.23 Å². The topological polar surface area (TPSA) is 162 Å². The average Bonchev–Trinajstić information content (AvgIpc) is 2.70. The van der Waals surface area contributed by atoms with Crippen LogP contribution in [0.25, 0.3) is 0 Å². The Labute approximate surface area is 129 Å². The van der Waals surface area contributed by atoms with Gasteiger partial charge in [0, 0.05) is 6.20 Å². The molecule has 1 aromatic heterocycles. The van der Waals surface area contributed by atoms with Crippen molar-refractivity contribution in [2.45, 2.75) is 30.6 Å². The summed E-state index contributed by atoms with van der Waals surface area (Å²) < 4.78 is 6.01. The van der Waals surface area contributed by atoms with Gasteiger partial charge in [-0.1, -0.05) is 0 Å². The Morgan fingerprint density at radius 1 is 1.38 bits per heavy atom. The van der Waals surface area contributed by atoms with Gasteiger partial charge in [0.2, 0.25) is 0 Å². The Balaban J connectivity index is 2.38. The van der Waals surface area contributed by atoms with E-state index in [9.17, 15) is 29.7 Å². The maximum absolute atomic E-state index is 11.7. The number of aliphatic carboxylic acids is 1. The zero-order valence-corrected chi connectivity index (χ0v) is 12.4. The second-order valence-electron chi connectivity index (χ2n) is 4.40. The zero-order chi connectivity index (χ0) is 15.9. The Morgan fingerprint density at radius 3 is 2.57 bits per heavy atom. The lowest BCUT2D eigenvalue weighted by Gasteiger charge is -2.18. The normalized spacial score (nSPS) is 30.3. The van der Waals surface area contributed by atoms with Gasteiger partial charge >= 0.3 is 11.7 Å². The molecule has 1 aliphatic heterocycles. The van der Waals surface area contributed by atoms with E-state index in [4.69, 9.17) is 9.84 Å². The molecule has 5 atom stereocenters. The van der Waals surface area contributed by atoms with E-state index in [-0.39, 0.29) is 3.57 Å². The van der Waals surface area contributed by atoms with E-state index in [1.807, 2.05) is 4.98 Å². The van der Waals surface area contributed by atoms with Crippen molar-refractivity contribution in [3.63, 3.8) is 0 Å². The van der Waals surface area contributed by atoms with Gasteiger partial charge in [0.25, 0.3) is 5.56 Å². The summed E-state index contributed by atoms with van der Waals surface area (Å²) in [7, 11) is 0. The number of aromatic nitrogens is 2. The van der Waals surface area contributed by atoms with Crippen molar-refractivity contribution < 1.29 is 30.0 Å². The van der Waals surface area contributed by atoms with E-state index in [0.717, 1.165) is 10.8 Å². The molecule has 1 saturated heterocycles. The van der Waals surface area contributed by atoms with E-state index in [1.54, 1.807) is 22.6 Å². The van der Waals surface area contributed by atoms with Crippen LogP contribution in [0.5, 0.6) is 0 Å². The monoisotopic (exact) mass is 414 g/mol. The molecule has 0 radical (unpaired) electrons. The molecule has 0 aromatic carbocycles. The lowest BCUT2D eigenvalue weighted by molar-refractivity contribution is -0.160. The zero-order valence-electron chi connectivity index (χ0n) is 10.2. The second kappa shape index (κ2) is 5.84. The molecule has 2 heterocycles. The van der Waals surface area contributed by atoms with Gasteiger partial charge < -0.3 is 25.2 Å². The number of carbonyl (C=O) groups is 1. The predicted molar refractivity (Wildman–Crippen MR) is 73.6 cm³/mol. The Morgan fingerprint density at radius 2 is 2.00 bits per heavy atom. The van der Waals surface area contributed by atoms with Crippen LogP contribution < -0.4 is 11.2 Å². The van der Waals surface area contributed by atoms with Crippen molar-refractivity contribution in [2.75, 3.05) is 0 Å². The standard InChI is InChI=1S/C10H11IN2O8/c11-2-1-13(10(20)12-7(2)17)8-4(15)3(14)6(21-8)5(16)9(18)19/h1,3-6,8,14-16H,(H,18,19)(H,12,17,20)/t3-,4+,5-,6+,8+/m0/s1. The van der Waals surface area contributed by atoms with Crippen LogP contribution in [0.3, 0.4) is 0 Å². The summed E-state index contributed by atoms with van der Waals surface area (Å²) in [4.78, 5) is 35.6. The fraction of sp³-hybridized carbons (Fsp3) is 0.500. The third-order valence-corrected chi connectivity index (χ3v) is 3.81. The van der Waals surface area contributed by atoms with Crippen molar-refractivity contribution in [2.24, 2.45) is 0 Å². The molecule has 0 aliphatic carbocycles. The fourth-order valence-electron chi connectivity index (χ4n) is 1.97. The van der Waals surface area contributed by atoms with Gasteiger partial charge in [-0.05, 0) is 22.6 Å². The summed E-state index contributed by atoms with van der Waals surface area (Å²) in [6.07, 6.45) is -7.38. The number of nitrogens with zero attached hydrogens (tertiary/aromatic N) is 1. The fourth-order valence-corrected chi connectivity index (χ4v) is 2.40. The molecular weight excluding hydrogens is 403 g/mol. The smallest absolute Gasteiger partial charge is 0.335 e. The van der Waals surface area contributed by atoms with Crippen molar-refractivity contribution in [1.82, 2.24) is 9.55 Å². The summed E-state index contributed by atoms with van der Waals surface area (Å²) >= 11 is 1.65. The van der Waals surface area contributed by atoms with E-state index in [1.165, 1.54) is 0 Å². The minimum atomic E-state index is -2.07. The highest BCUT2D eigenvalue weighted by Crippen LogP contribution is 2.30.